The molecule has 0 spiro atoms. The summed E-state index contributed by atoms with van der Waals surface area (Å²) >= 11 is 3.58. The van der Waals surface area contributed by atoms with Crippen LogP contribution in [0.25, 0.3) is 11.0 Å². The second-order valence-electron chi connectivity index (χ2n) is 6.59. The van der Waals surface area contributed by atoms with Crippen molar-refractivity contribution < 1.29 is 14.3 Å². The zero-order chi connectivity index (χ0) is 18.8. The van der Waals surface area contributed by atoms with Crippen LogP contribution < -0.4 is 15.5 Å². The summed E-state index contributed by atoms with van der Waals surface area (Å²) in [6.07, 6.45) is 3.88. The minimum atomic E-state index is -0.428. The number of carbonyl (C=O) groups is 2. The predicted octanol–water partition coefficient (Wildman–Crippen LogP) is 2.85. The first-order chi connectivity index (χ1) is 12.4. The number of H-pyrrole nitrogens is 1. The third kappa shape index (κ3) is 3.62. The van der Waals surface area contributed by atoms with E-state index < -0.39 is 6.09 Å². The van der Waals surface area contributed by atoms with E-state index in [2.05, 4.69) is 46.2 Å². The van der Waals surface area contributed by atoms with Gasteiger partial charge < -0.3 is 25.3 Å². The molecular weight excluding hydrogens is 402 g/mol. The Labute approximate surface area is 159 Å². The lowest BCUT2D eigenvalue weighted by Gasteiger charge is -2.22. The number of alkyl carbamates (subject to hydrolysis) is 1. The van der Waals surface area contributed by atoms with Crippen LogP contribution in [0.15, 0.2) is 16.9 Å². The molecule has 26 heavy (non-hydrogen) atoms. The number of hydrogen-bond donors (Lipinski definition) is 3. The Bertz CT molecular complexity index is 835. The highest BCUT2D eigenvalue weighted by atomic mass is 79.9. The number of hydrogen-bond acceptors (Lipinski definition) is 5. The molecule has 1 saturated heterocycles. The number of methoxy groups -OCH3 is 1. The Kier molecular flexibility index (Phi) is 5.36. The summed E-state index contributed by atoms with van der Waals surface area (Å²) < 4.78 is 5.52. The van der Waals surface area contributed by atoms with Gasteiger partial charge in [0.1, 0.15) is 5.65 Å². The highest BCUT2D eigenvalue weighted by Gasteiger charge is 2.28. The monoisotopic (exact) mass is 423 g/mol. The molecule has 9 heteroatoms. The summed E-state index contributed by atoms with van der Waals surface area (Å²) in [5, 5.41) is 6.65. The summed E-state index contributed by atoms with van der Waals surface area (Å²) in [5.41, 5.74) is 2.35. The van der Waals surface area contributed by atoms with Crippen LogP contribution in [0.3, 0.4) is 0 Å². The second-order valence-corrected chi connectivity index (χ2v) is 7.45. The number of anilines is 2. The molecule has 1 aliphatic rings. The number of fused-ring (bicyclic) bond motifs is 1. The molecule has 0 aliphatic carbocycles. The van der Waals surface area contributed by atoms with Crippen molar-refractivity contribution in [2.45, 2.75) is 26.3 Å². The first-order valence-corrected chi connectivity index (χ1v) is 9.26. The van der Waals surface area contributed by atoms with E-state index in [-0.39, 0.29) is 17.9 Å². The third-order valence-electron chi connectivity index (χ3n) is 4.42. The molecular formula is C17H22BrN5O3. The van der Waals surface area contributed by atoms with E-state index in [1.165, 1.54) is 7.11 Å². The number of nitrogens with one attached hydrogen (secondary N) is 3. The van der Waals surface area contributed by atoms with Crippen LogP contribution in [-0.2, 0) is 9.53 Å². The van der Waals surface area contributed by atoms with Crippen molar-refractivity contribution in [1.82, 2.24) is 15.3 Å². The standard InChI is InChI=1S/C17H22BrN5O3/c1-9(2)16(24)22-12-7-20-15-13(12)14(11(18)6-19-15)23-5-4-10(8-23)21-17(25)26-3/h6-7,9-10H,4-5,8H2,1-3H3,(H,19,20)(H,21,25)(H,22,24)/t10-/m1/s1. The number of nitrogens with zero attached hydrogens (tertiary/aromatic N) is 2. The van der Waals surface area contributed by atoms with Crippen LogP contribution in [0.1, 0.15) is 20.3 Å². The van der Waals surface area contributed by atoms with E-state index in [1.54, 1.807) is 12.4 Å². The molecule has 2 aromatic heterocycles. The number of rotatable bonds is 4. The van der Waals surface area contributed by atoms with Crippen molar-refractivity contribution in [3.05, 3.63) is 16.9 Å². The summed E-state index contributed by atoms with van der Waals surface area (Å²) in [6.45, 7) is 5.12. The maximum Gasteiger partial charge on any atom is 0.407 e. The van der Waals surface area contributed by atoms with Crippen LogP contribution >= 0.6 is 15.9 Å². The Morgan fingerprint density at radius 2 is 2.23 bits per heavy atom. The quantitative estimate of drug-likeness (QED) is 0.701. The minimum Gasteiger partial charge on any atom is -0.453 e. The molecule has 3 rings (SSSR count). The fraction of sp³-hybridized carbons (Fsp3) is 0.471. The largest absolute Gasteiger partial charge is 0.453 e. The van der Waals surface area contributed by atoms with Gasteiger partial charge in [0.2, 0.25) is 5.91 Å². The molecule has 1 aliphatic heterocycles. The summed E-state index contributed by atoms with van der Waals surface area (Å²) in [5.74, 6) is -0.174. The highest BCUT2D eigenvalue weighted by Crippen LogP contribution is 2.39. The first-order valence-electron chi connectivity index (χ1n) is 8.46. The predicted molar refractivity (Wildman–Crippen MR) is 103 cm³/mol. The van der Waals surface area contributed by atoms with Crippen LogP contribution in [0.4, 0.5) is 16.2 Å². The van der Waals surface area contributed by atoms with E-state index >= 15 is 0 Å². The second kappa shape index (κ2) is 7.53. The molecule has 1 atom stereocenters. The van der Waals surface area contributed by atoms with E-state index in [4.69, 9.17) is 0 Å². The van der Waals surface area contributed by atoms with Gasteiger partial charge in [0.15, 0.2) is 0 Å². The number of aromatic amines is 1. The van der Waals surface area contributed by atoms with Crippen LogP contribution in [0.2, 0.25) is 0 Å². The molecule has 3 N–H and O–H groups in total. The van der Waals surface area contributed by atoms with Gasteiger partial charge in [0.25, 0.3) is 0 Å². The lowest BCUT2D eigenvalue weighted by molar-refractivity contribution is -0.118. The van der Waals surface area contributed by atoms with Gasteiger partial charge in [-0.1, -0.05) is 13.8 Å². The molecule has 1 fully saturated rings. The molecule has 3 heterocycles. The molecule has 2 amide bonds. The number of aromatic nitrogens is 2. The number of ether oxygens (including phenoxy) is 1. The average Bonchev–Trinajstić information content (AvgIpc) is 3.22. The fourth-order valence-electron chi connectivity index (χ4n) is 3.05. The Morgan fingerprint density at radius 3 is 2.92 bits per heavy atom. The maximum atomic E-state index is 12.1. The van der Waals surface area contributed by atoms with Gasteiger partial charge in [-0.3, -0.25) is 4.79 Å². The van der Waals surface area contributed by atoms with E-state index in [0.717, 1.165) is 28.5 Å². The van der Waals surface area contributed by atoms with Gasteiger partial charge >= 0.3 is 6.09 Å². The van der Waals surface area contributed by atoms with Crippen LogP contribution in [0.5, 0.6) is 0 Å². The van der Waals surface area contributed by atoms with Gasteiger partial charge in [-0.15, -0.1) is 0 Å². The number of halogens is 1. The molecule has 0 bridgehead atoms. The summed E-state index contributed by atoms with van der Waals surface area (Å²) in [7, 11) is 1.36. The molecule has 0 radical (unpaired) electrons. The maximum absolute atomic E-state index is 12.1. The molecule has 0 saturated carbocycles. The normalized spacial score (nSPS) is 17.0. The first kappa shape index (κ1) is 18.5. The minimum absolute atomic E-state index is 0.00483. The Morgan fingerprint density at radius 1 is 1.46 bits per heavy atom. The van der Waals surface area contributed by atoms with Gasteiger partial charge in [-0.2, -0.15) is 0 Å². The SMILES string of the molecule is COC(=O)N[C@@H]1CCN(c2c(Br)cnc3[nH]cc(NC(=O)C(C)C)c23)C1. The molecule has 2 aromatic rings. The van der Waals surface area contributed by atoms with Gasteiger partial charge in [0, 0.05) is 31.4 Å². The van der Waals surface area contributed by atoms with Gasteiger partial charge in [-0.25, -0.2) is 9.78 Å². The highest BCUT2D eigenvalue weighted by molar-refractivity contribution is 9.10. The molecule has 0 unspecified atom stereocenters. The lowest BCUT2D eigenvalue weighted by Crippen LogP contribution is -2.37. The van der Waals surface area contributed by atoms with E-state index in [9.17, 15) is 9.59 Å². The van der Waals surface area contributed by atoms with Crippen molar-refractivity contribution in [1.29, 1.82) is 0 Å². The van der Waals surface area contributed by atoms with E-state index in [1.807, 2.05) is 13.8 Å². The number of amides is 2. The van der Waals surface area contributed by atoms with Crippen molar-refractivity contribution in [3.63, 3.8) is 0 Å². The molecule has 0 aromatic carbocycles. The molecule has 140 valence electrons. The van der Waals surface area contributed by atoms with Crippen LogP contribution in [0, 0.1) is 5.92 Å². The lowest BCUT2D eigenvalue weighted by atomic mass is 10.2. The van der Waals surface area contributed by atoms with Crippen LogP contribution in [-0.4, -0.2) is 48.2 Å². The Hall–Kier alpha value is -2.29. The average molecular weight is 424 g/mol. The third-order valence-corrected chi connectivity index (χ3v) is 5.00. The van der Waals surface area contributed by atoms with Crippen molar-refractivity contribution in [2.75, 3.05) is 30.4 Å². The topological polar surface area (TPSA) is 99.3 Å². The smallest absolute Gasteiger partial charge is 0.407 e. The summed E-state index contributed by atoms with van der Waals surface area (Å²) in [6, 6.07) is 0.00483. The fourth-order valence-corrected chi connectivity index (χ4v) is 3.60. The zero-order valence-electron chi connectivity index (χ0n) is 14.9. The number of carbonyl (C=O) groups excluding carboxylic acids is 2. The number of pyridine rings is 1. The van der Waals surface area contributed by atoms with E-state index in [0.29, 0.717) is 17.9 Å². The van der Waals surface area contributed by atoms with Gasteiger partial charge in [0.05, 0.1) is 34.4 Å². The van der Waals surface area contributed by atoms with Crippen molar-refractivity contribution >= 4 is 50.3 Å². The Balaban J connectivity index is 1.93. The summed E-state index contributed by atoms with van der Waals surface area (Å²) in [4.78, 5) is 33.3. The molecule has 8 nitrogen and oxygen atoms in total. The van der Waals surface area contributed by atoms with Gasteiger partial charge in [-0.05, 0) is 22.4 Å². The zero-order valence-corrected chi connectivity index (χ0v) is 16.5. The van der Waals surface area contributed by atoms with Crippen molar-refractivity contribution in [2.24, 2.45) is 5.92 Å². The van der Waals surface area contributed by atoms with Crippen molar-refractivity contribution in [3.8, 4) is 0 Å².